The molecule has 1 N–H and O–H groups in total. The minimum absolute atomic E-state index is 0.0335. The van der Waals surface area contributed by atoms with Gasteiger partial charge in [-0.05, 0) is 44.2 Å². The summed E-state index contributed by atoms with van der Waals surface area (Å²) in [6.45, 7) is 1.79. The van der Waals surface area contributed by atoms with Crippen molar-refractivity contribution in [2.75, 3.05) is 6.54 Å². The molecule has 0 unspecified atom stereocenters. The normalized spacial score (nSPS) is 20.9. The number of hydrogen-bond donors (Lipinski definition) is 1. The van der Waals surface area contributed by atoms with E-state index in [0.717, 1.165) is 11.2 Å². The Morgan fingerprint density at radius 1 is 1.22 bits per heavy atom. The number of rotatable bonds is 8. The summed E-state index contributed by atoms with van der Waals surface area (Å²) < 4.78 is 87.9. The van der Waals surface area contributed by atoms with E-state index in [0.29, 0.717) is 16.9 Å². The number of imidazole rings is 1. The Balaban J connectivity index is 1.40. The predicted molar refractivity (Wildman–Crippen MR) is 131 cm³/mol. The van der Waals surface area contributed by atoms with Gasteiger partial charge in [-0.2, -0.15) is 18.3 Å². The molecule has 1 aliphatic heterocycles. The van der Waals surface area contributed by atoms with Crippen LogP contribution in [0, 0.1) is 5.92 Å². The molecule has 1 saturated heterocycles. The summed E-state index contributed by atoms with van der Waals surface area (Å²) in [5.74, 6) is -4.20. The third-order valence-corrected chi connectivity index (χ3v) is 7.70. The molecule has 41 heavy (non-hydrogen) atoms. The van der Waals surface area contributed by atoms with Crippen LogP contribution in [0.4, 0.5) is 31.1 Å². The number of nitrogens with zero attached hydrogens (tertiary/aromatic N) is 5. The quantitative estimate of drug-likeness (QED) is 0.274. The van der Waals surface area contributed by atoms with E-state index in [2.05, 4.69) is 15.2 Å². The molecule has 2 fully saturated rings. The molecule has 2 amide bonds. The molecule has 5 rings (SSSR count). The molecule has 0 aromatic carbocycles. The first-order valence-corrected chi connectivity index (χ1v) is 13.1. The van der Waals surface area contributed by atoms with Crippen molar-refractivity contribution in [2.24, 2.45) is 5.92 Å². The van der Waals surface area contributed by atoms with Gasteiger partial charge in [-0.3, -0.25) is 4.79 Å². The lowest BCUT2D eigenvalue weighted by Crippen LogP contribution is -2.40. The number of amides is 2. The van der Waals surface area contributed by atoms with Crippen molar-refractivity contribution in [3.63, 3.8) is 0 Å². The van der Waals surface area contributed by atoms with Crippen LogP contribution in [-0.4, -0.2) is 61.2 Å². The van der Waals surface area contributed by atoms with E-state index in [1.165, 1.54) is 24.6 Å². The van der Waals surface area contributed by atoms with E-state index in [-0.39, 0.29) is 55.8 Å². The Morgan fingerprint density at radius 3 is 2.56 bits per heavy atom. The summed E-state index contributed by atoms with van der Waals surface area (Å²) in [6, 6.07) is -1.27. The smallest absolute Gasteiger partial charge is 0.364 e. The van der Waals surface area contributed by atoms with Crippen molar-refractivity contribution in [1.82, 2.24) is 30.0 Å². The van der Waals surface area contributed by atoms with E-state index in [4.69, 9.17) is 4.52 Å². The van der Waals surface area contributed by atoms with Gasteiger partial charge in [0.1, 0.15) is 18.0 Å². The number of Topliss-reactive ketones (excluding diaryl/α,β-unsaturated/α-hetero) is 1. The Hall–Kier alpha value is -3.65. The highest BCUT2D eigenvalue weighted by molar-refractivity contribution is 5.97. The molecule has 1 saturated carbocycles. The predicted octanol–water partition coefficient (Wildman–Crippen LogP) is 5.56. The standard InChI is InChI=1S/C26H28F6N6O3/c1-24(2,27)22-17(13-41-36-22)19(39)8-16(15-3-5-25(28,29)6-4-15)18-11-38-21(34-18)7-14(9-33-38)10-37-12-20(26(30,31)32)35-23(37)40/h7,9,11,13,15-16,20H,3-6,8,10,12H2,1-2H3,(H,35,40)/t16-,20-/m0/s1. The van der Waals surface area contributed by atoms with Gasteiger partial charge in [0, 0.05) is 31.7 Å². The molecule has 0 radical (unpaired) electrons. The van der Waals surface area contributed by atoms with Crippen LogP contribution < -0.4 is 5.32 Å². The summed E-state index contributed by atoms with van der Waals surface area (Å²) >= 11 is 0. The van der Waals surface area contributed by atoms with Crippen LogP contribution in [0.15, 0.2) is 29.2 Å². The van der Waals surface area contributed by atoms with Crippen molar-refractivity contribution in [1.29, 1.82) is 0 Å². The maximum Gasteiger partial charge on any atom is 0.410 e. The lowest BCUT2D eigenvalue weighted by Gasteiger charge is -2.32. The van der Waals surface area contributed by atoms with Gasteiger partial charge in [0.05, 0.1) is 30.2 Å². The Labute approximate surface area is 230 Å². The number of alkyl halides is 6. The summed E-state index contributed by atoms with van der Waals surface area (Å²) in [4.78, 5) is 31.0. The molecule has 0 bridgehead atoms. The summed E-state index contributed by atoms with van der Waals surface area (Å²) in [5.41, 5.74) is -0.997. The van der Waals surface area contributed by atoms with Crippen LogP contribution in [-0.2, 0) is 12.2 Å². The summed E-state index contributed by atoms with van der Waals surface area (Å²) in [6.07, 6.45) is -1.10. The van der Waals surface area contributed by atoms with E-state index < -0.39 is 48.1 Å². The van der Waals surface area contributed by atoms with Crippen molar-refractivity contribution in [3.8, 4) is 0 Å². The van der Waals surface area contributed by atoms with Crippen molar-refractivity contribution in [2.45, 2.75) is 82.2 Å². The fraction of sp³-hybridized carbons (Fsp3) is 0.577. The zero-order valence-corrected chi connectivity index (χ0v) is 22.2. The van der Waals surface area contributed by atoms with Crippen molar-refractivity contribution < 1.29 is 40.5 Å². The Kier molecular flexibility index (Phi) is 7.26. The number of carbonyl (C=O) groups is 2. The molecular formula is C26H28F6N6O3. The molecule has 15 heteroatoms. The Bertz CT molecular complexity index is 1440. The second-order valence-corrected chi connectivity index (χ2v) is 11.2. The first-order chi connectivity index (χ1) is 19.1. The van der Waals surface area contributed by atoms with Gasteiger partial charge in [0.2, 0.25) is 5.92 Å². The van der Waals surface area contributed by atoms with E-state index in [1.54, 1.807) is 12.3 Å². The number of ketones is 1. The molecule has 4 heterocycles. The molecule has 2 atom stereocenters. The highest BCUT2D eigenvalue weighted by atomic mass is 19.4. The third kappa shape index (κ3) is 6.17. The van der Waals surface area contributed by atoms with Crippen LogP contribution in [0.2, 0.25) is 0 Å². The summed E-state index contributed by atoms with van der Waals surface area (Å²) in [5, 5.41) is 9.80. The van der Waals surface area contributed by atoms with E-state index in [9.17, 15) is 35.9 Å². The fourth-order valence-electron chi connectivity index (χ4n) is 5.48. The first kappa shape index (κ1) is 28.9. The average Bonchev–Trinajstić information content (AvgIpc) is 3.60. The Morgan fingerprint density at radius 2 is 1.93 bits per heavy atom. The maximum absolute atomic E-state index is 14.6. The molecule has 3 aromatic rings. The van der Waals surface area contributed by atoms with Crippen LogP contribution in [0.3, 0.4) is 0 Å². The van der Waals surface area contributed by atoms with Gasteiger partial charge >= 0.3 is 12.2 Å². The lowest BCUT2D eigenvalue weighted by molar-refractivity contribution is -0.149. The molecule has 3 aromatic heterocycles. The number of fused-ring (bicyclic) bond motifs is 1. The van der Waals surface area contributed by atoms with Gasteiger partial charge in [0.15, 0.2) is 17.1 Å². The SMILES string of the molecule is CC(C)(F)c1nocc1C(=O)C[C@H](c1cn2ncc(CN3C[C@@H](C(F)(F)F)NC3=O)cc2n1)C1CCC(F)(F)CC1. The fourth-order valence-corrected chi connectivity index (χ4v) is 5.48. The highest BCUT2D eigenvalue weighted by Gasteiger charge is 2.47. The molecule has 9 nitrogen and oxygen atoms in total. The second-order valence-electron chi connectivity index (χ2n) is 11.2. The number of urea groups is 1. The van der Waals surface area contributed by atoms with Crippen LogP contribution in [0.5, 0.6) is 0 Å². The third-order valence-electron chi connectivity index (χ3n) is 7.70. The topological polar surface area (TPSA) is 106 Å². The number of aromatic nitrogens is 4. The second kappa shape index (κ2) is 10.3. The minimum atomic E-state index is -4.58. The number of halogens is 6. The molecule has 0 spiro atoms. The first-order valence-electron chi connectivity index (χ1n) is 13.1. The van der Waals surface area contributed by atoms with Gasteiger partial charge in [-0.25, -0.2) is 27.5 Å². The zero-order valence-electron chi connectivity index (χ0n) is 22.2. The maximum atomic E-state index is 14.6. The molecular weight excluding hydrogens is 558 g/mol. The number of hydrogen-bond acceptors (Lipinski definition) is 6. The lowest BCUT2D eigenvalue weighted by atomic mass is 9.75. The number of carbonyl (C=O) groups excluding carboxylic acids is 2. The van der Waals surface area contributed by atoms with Crippen molar-refractivity contribution >= 4 is 17.5 Å². The van der Waals surface area contributed by atoms with E-state index >= 15 is 0 Å². The van der Waals surface area contributed by atoms with Crippen LogP contribution in [0.1, 0.15) is 79.2 Å². The van der Waals surface area contributed by atoms with Gasteiger partial charge in [-0.15, -0.1) is 0 Å². The van der Waals surface area contributed by atoms with Gasteiger partial charge < -0.3 is 14.7 Å². The average molecular weight is 587 g/mol. The summed E-state index contributed by atoms with van der Waals surface area (Å²) in [7, 11) is 0. The minimum Gasteiger partial charge on any atom is -0.364 e. The molecule has 2 aliphatic rings. The van der Waals surface area contributed by atoms with Crippen LogP contribution >= 0.6 is 0 Å². The number of nitrogens with one attached hydrogen (secondary N) is 1. The van der Waals surface area contributed by atoms with Crippen LogP contribution in [0.25, 0.3) is 5.65 Å². The van der Waals surface area contributed by atoms with E-state index in [1.807, 2.05) is 5.32 Å². The molecule has 1 aliphatic carbocycles. The molecule has 222 valence electrons. The zero-order chi connectivity index (χ0) is 29.7. The largest absolute Gasteiger partial charge is 0.410 e. The van der Waals surface area contributed by atoms with Gasteiger partial charge in [0.25, 0.3) is 0 Å². The van der Waals surface area contributed by atoms with Gasteiger partial charge in [-0.1, -0.05) is 5.16 Å². The van der Waals surface area contributed by atoms with Crippen molar-refractivity contribution in [3.05, 3.63) is 47.2 Å². The highest BCUT2D eigenvalue weighted by Crippen LogP contribution is 2.44. The monoisotopic (exact) mass is 586 g/mol.